The van der Waals surface area contributed by atoms with E-state index < -0.39 is 0 Å². The number of anilines is 2. The van der Waals surface area contributed by atoms with Gasteiger partial charge in [-0.2, -0.15) is 5.10 Å². The molecule has 1 heterocycles. The van der Waals surface area contributed by atoms with E-state index in [1.807, 2.05) is 107 Å². The molecule has 3 aromatic carbocycles. The third kappa shape index (κ3) is 5.72. The molecule has 7 nitrogen and oxygen atoms in total. The fourth-order valence-corrected chi connectivity index (χ4v) is 4.39. The average Bonchev–Trinajstić information content (AvgIpc) is 3.20. The van der Waals surface area contributed by atoms with Crippen molar-refractivity contribution in [1.82, 2.24) is 14.7 Å². The molecule has 0 unspecified atom stereocenters. The van der Waals surface area contributed by atoms with Crippen molar-refractivity contribution < 1.29 is 9.59 Å². The van der Waals surface area contributed by atoms with E-state index in [1.54, 1.807) is 4.68 Å². The Morgan fingerprint density at radius 2 is 1.57 bits per heavy atom. The second kappa shape index (κ2) is 11.1. The number of aryl methyl sites for hydroxylation is 4. The van der Waals surface area contributed by atoms with Crippen LogP contribution in [0, 0.1) is 27.7 Å². The van der Waals surface area contributed by atoms with E-state index >= 15 is 0 Å². The van der Waals surface area contributed by atoms with E-state index in [1.165, 1.54) is 4.90 Å². The third-order valence-electron chi connectivity index (χ3n) is 6.35. The highest BCUT2D eigenvalue weighted by Gasteiger charge is 2.23. The van der Waals surface area contributed by atoms with Crippen molar-refractivity contribution in [3.63, 3.8) is 0 Å². The first kappa shape index (κ1) is 25.7. The summed E-state index contributed by atoms with van der Waals surface area (Å²) < 4.78 is 1.77. The lowest BCUT2D eigenvalue weighted by Gasteiger charge is -2.22. The molecule has 0 saturated carbocycles. The predicted molar refractivity (Wildman–Crippen MR) is 149 cm³/mol. The summed E-state index contributed by atoms with van der Waals surface area (Å²) in [6, 6.07) is 23.3. The van der Waals surface area contributed by atoms with Gasteiger partial charge in [0.05, 0.1) is 11.4 Å². The molecule has 0 fully saturated rings. The molecule has 0 radical (unpaired) electrons. The van der Waals surface area contributed by atoms with Crippen LogP contribution in [0.25, 0.3) is 16.8 Å². The van der Waals surface area contributed by atoms with E-state index in [0.29, 0.717) is 12.4 Å². The van der Waals surface area contributed by atoms with E-state index in [0.717, 1.165) is 44.9 Å². The van der Waals surface area contributed by atoms with E-state index in [-0.39, 0.29) is 18.5 Å². The SMILES string of the molecule is CCN(CC(=O)Nc1c(-c2ccccc2)c(C)nn1-c1ccccc1C)C(=O)Nc1ccc(C)cc1C. The molecule has 190 valence electrons. The lowest BCUT2D eigenvalue weighted by molar-refractivity contribution is -0.116. The minimum atomic E-state index is -0.323. The number of rotatable bonds is 7. The molecular formula is C30H33N5O2. The summed E-state index contributed by atoms with van der Waals surface area (Å²) in [5.74, 6) is 0.276. The standard InChI is InChI=1S/C30H33N5O2/c1-6-34(30(37)31-25-17-16-20(2)18-22(25)4)19-27(36)32-29-28(24-13-8-7-9-14-24)23(5)33-35(29)26-15-11-10-12-21(26)3/h7-18H,6,19H2,1-5H3,(H,31,37)(H,32,36). The Morgan fingerprint density at radius 1 is 0.865 bits per heavy atom. The molecule has 0 atom stereocenters. The summed E-state index contributed by atoms with van der Waals surface area (Å²) in [6.07, 6.45) is 0. The molecule has 0 aliphatic heterocycles. The highest BCUT2D eigenvalue weighted by Crippen LogP contribution is 2.34. The van der Waals surface area contributed by atoms with E-state index in [9.17, 15) is 9.59 Å². The summed E-state index contributed by atoms with van der Waals surface area (Å²) in [4.78, 5) is 27.8. The van der Waals surface area contributed by atoms with E-state index in [2.05, 4.69) is 10.6 Å². The maximum atomic E-state index is 13.3. The van der Waals surface area contributed by atoms with Gasteiger partial charge in [0, 0.05) is 17.8 Å². The van der Waals surface area contributed by atoms with Crippen LogP contribution in [0.4, 0.5) is 16.3 Å². The fourth-order valence-electron chi connectivity index (χ4n) is 4.39. The topological polar surface area (TPSA) is 79.3 Å². The first-order valence-electron chi connectivity index (χ1n) is 12.4. The van der Waals surface area contributed by atoms with Crippen LogP contribution in [-0.2, 0) is 4.79 Å². The number of likely N-dealkylation sites (N-methyl/N-ethyl adjacent to an activating group) is 1. The van der Waals surface area contributed by atoms with Gasteiger partial charge in [0.25, 0.3) is 0 Å². The predicted octanol–water partition coefficient (Wildman–Crippen LogP) is 6.27. The van der Waals surface area contributed by atoms with Crippen LogP contribution in [0.5, 0.6) is 0 Å². The second-order valence-electron chi connectivity index (χ2n) is 9.18. The number of hydrogen-bond donors (Lipinski definition) is 2. The highest BCUT2D eigenvalue weighted by molar-refractivity contribution is 5.99. The summed E-state index contributed by atoms with van der Waals surface area (Å²) in [5, 5.41) is 10.8. The van der Waals surface area contributed by atoms with Crippen LogP contribution in [0.1, 0.15) is 29.3 Å². The highest BCUT2D eigenvalue weighted by atomic mass is 16.2. The molecule has 0 aliphatic carbocycles. The average molecular weight is 496 g/mol. The Labute approximate surface area is 218 Å². The molecule has 0 spiro atoms. The number of benzene rings is 3. The number of carbonyl (C=O) groups excluding carboxylic acids is 2. The largest absolute Gasteiger partial charge is 0.322 e. The van der Waals surface area contributed by atoms with Crippen LogP contribution in [0.15, 0.2) is 72.8 Å². The number of urea groups is 1. The van der Waals surface area contributed by atoms with Crippen molar-refractivity contribution in [3.05, 3.63) is 95.2 Å². The lowest BCUT2D eigenvalue weighted by atomic mass is 10.1. The Balaban J connectivity index is 1.62. The molecular weight excluding hydrogens is 462 g/mol. The van der Waals surface area contributed by atoms with Crippen molar-refractivity contribution in [3.8, 4) is 16.8 Å². The Bertz CT molecular complexity index is 1430. The molecule has 0 aliphatic rings. The number of nitrogens with one attached hydrogen (secondary N) is 2. The van der Waals surface area contributed by atoms with E-state index in [4.69, 9.17) is 5.10 Å². The zero-order valence-electron chi connectivity index (χ0n) is 22.0. The number of nitrogens with zero attached hydrogens (tertiary/aromatic N) is 3. The van der Waals surface area contributed by atoms with Gasteiger partial charge in [0.2, 0.25) is 5.91 Å². The van der Waals surface area contributed by atoms with Crippen LogP contribution in [-0.4, -0.2) is 39.7 Å². The van der Waals surface area contributed by atoms with Gasteiger partial charge in [-0.05, 0) is 63.4 Å². The first-order chi connectivity index (χ1) is 17.8. The molecule has 4 rings (SSSR count). The number of amides is 3. The zero-order chi connectivity index (χ0) is 26.5. The Kier molecular flexibility index (Phi) is 7.72. The summed E-state index contributed by atoms with van der Waals surface area (Å²) in [6.45, 7) is 10.0. The number of para-hydroxylation sites is 1. The summed E-state index contributed by atoms with van der Waals surface area (Å²) >= 11 is 0. The van der Waals surface area contributed by atoms with Crippen LogP contribution >= 0.6 is 0 Å². The van der Waals surface area contributed by atoms with Gasteiger partial charge in [-0.15, -0.1) is 0 Å². The smallest absolute Gasteiger partial charge is 0.315 e. The molecule has 37 heavy (non-hydrogen) atoms. The van der Waals surface area contributed by atoms with Crippen molar-refractivity contribution in [2.24, 2.45) is 0 Å². The zero-order valence-corrected chi connectivity index (χ0v) is 22.0. The number of hydrogen-bond acceptors (Lipinski definition) is 3. The lowest BCUT2D eigenvalue weighted by Crippen LogP contribution is -2.40. The van der Waals surface area contributed by atoms with Gasteiger partial charge in [0.15, 0.2) is 0 Å². The van der Waals surface area contributed by atoms with Gasteiger partial charge < -0.3 is 15.5 Å². The maximum Gasteiger partial charge on any atom is 0.322 e. The molecule has 1 aromatic heterocycles. The Morgan fingerprint density at radius 3 is 2.24 bits per heavy atom. The second-order valence-corrected chi connectivity index (χ2v) is 9.18. The molecule has 3 amide bonds. The number of aromatic nitrogens is 2. The van der Waals surface area contributed by atoms with Crippen molar-refractivity contribution in [2.45, 2.75) is 34.6 Å². The monoisotopic (exact) mass is 495 g/mol. The van der Waals surface area contributed by atoms with Gasteiger partial charge in [-0.3, -0.25) is 4.79 Å². The molecule has 0 bridgehead atoms. The first-order valence-corrected chi connectivity index (χ1v) is 12.4. The third-order valence-corrected chi connectivity index (χ3v) is 6.35. The van der Waals surface area contributed by atoms with Crippen molar-refractivity contribution in [2.75, 3.05) is 23.7 Å². The summed E-state index contributed by atoms with van der Waals surface area (Å²) in [5.41, 5.74) is 7.33. The van der Waals surface area contributed by atoms with Crippen LogP contribution in [0.3, 0.4) is 0 Å². The Hall–Kier alpha value is -4.39. The van der Waals surface area contributed by atoms with Crippen LogP contribution in [0.2, 0.25) is 0 Å². The minimum Gasteiger partial charge on any atom is -0.315 e. The normalized spacial score (nSPS) is 10.7. The molecule has 2 N–H and O–H groups in total. The number of carbonyl (C=O) groups is 2. The van der Waals surface area contributed by atoms with Gasteiger partial charge >= 0.3 is 6.03 Å². The van der Waals surface area contributed by atoms with Gasteiger partial charge in [-0.25, -0.2) is 9.48 Å². The molecule has 4 aromatic rings. The van der Waals surface area contributed by atoms with Crippen LogP contribution < -0.4 is 10.6 Å². The molecule has 0 saturated heterocycles. The van der Waals surface area contributed by atoms with Gasteiger partial charge in [0.1, 0.15) is 12.4 Å². The van der Waals surface area contributed by atoms with Crippen molar-refractivity contribution in [1.29, 1.82) is 0 Å². The quantitative estimate of drug-likeness (QED) is 0.317. The summed E-state index contributed by atoms with van der Waals surface area (Å²) in [7, 11) is 0. The minimum absolute atomic E-state index is 0.0977. The van der Waals surface area contributed by atoms with Gasteiger partial charge in [-0.1, -0.05) is 66.2 Å². The van der Waals surface area contributed by atoms with Crippen molar-refractivity contribution >= 4 is 23.4 Å². The molecule has 7 heteroatoms. The maximum absolute atomic E-state index is 13.3. The fraction of sp³-hybridized carbons (Fsp3) is 0.233.